The molecular formula is C10H21N5S. The molecule has 0 aliphatic carbocycles. The molecule has 0 spiro atoms. The molecule has 16 heavy (non-hydrogen) atoms. The Bertz CT molecular complexity index is 312. The Kier molecular flexibility index (Phi) is 5.11. The zero-order valence-corrected chi connectivity index (χ0v) is 11.3. The number of hydrogen-bond acceptors (Lipinski definition) is 6. The van der Waals surface area contributed by atoms with Crippen molar-refractivity contribution in [1.82, 2.24) is 20.0 Å². The van der Waals surface area contributed by atoms with Crippen molar-refractivity contribution < 1.29 is 0 Å². The lowest BCUT2D eigenvalue weighted by molar-refractivity contribution is 0.174. The number of hydrogen-bond donors (Lipinski definition) is 1. The third-order valence-corrected chi connectivity index (χ3v) is 3.22. The molecule has 0 saturated carbocycles. The minimum atomic E-state index is 0.505. The van der Waals surface area contributed by atoms with Gasteiger partial charge in [0.25, 0.3) is 0 Å². The van der Waals surface area contributed by atoms with Gasteiger partial charge >= 0.3 is 0 Å². The van der Waals surface area contributed by atoms with E-state index in [0.717, 1.165) is 24.6 Å². The summed E-state index contributed by atoms with van der Waals surface area (Å²) in [5.74, 6) is 0. The lowest BCUT2D eigenvalue weighted by Crippen LogP contribution is -2.39. The topological polar surface area (TPSA) is 58.3 Å². The number of nitrogens with zero attached hydrogens (tertiary/aromatic N) is 4. The molecule has 1 aromatic heterocycles. The van der Waals surface area contributed by atoms with Crippen LogP contribution in [0.5, 0.6) is 0 Å². The predicted molar refractivity (Wildman–Crippen MR) is 68.4 cm³/mol. The van der Waals surface area contributed by atoms with E-state index in [-0.39, 0.29) is 0 Å². The standard InChI is InChI=1S/C10H21N5S/c1-5-15(8(2)6-14(3)4)7-9-12-13-10(11)16-9/h8H,5-7H2,1-4H3,(H2,11,13). The molecule has 0 aromatic carbocycles. The van der Waals surface area contributed by atoms with Crippen LogP contribution in [0.15, 0.2) is 0 Å². The lowest BCUT2D eigenvalue weighted by atomic mass is 10.2. The average molecular weight is 243 g/mol. The number of rotatable bonds is 6. The fourth-order valence-electron chi connectivity index (χ4n) is 1.73. The van der Waals surface area contributed by atoms with E-state index in [1.165, 1.54) is 11.3 Å². The van der Waals surface area contributed by atoms with E-state index >= 15 is 0 Å². The van der Waals surface area contributed by atoms with Gasteiger partial charge in [-0.05, 0) is 27.6 Å². The minimum absolute atomic E-state index is 0.505. The van der Waals surface area contributed by atoms with E-state index < -0.39 is 0 Å². The zero-order chi connectivity index (χ0) is 12.1. The molecule has 1 unspecified atom stereocenters. The first kappa shape index (κ1) is 13.3. The summed E-state index contributed by atoms with van der Waals surface area (Å²) < 4.78 is 0. The van der Waals surface area contributed by atoms with Crippen LogP contribution in [-0.4, -0.2) is 53.2 Å². The molecule has 0 amide bonds. The molecule has 1 atom stereocenters. The van der Waals surface area contributed by atoms with Crippen molar-refractivity contribution >= 4 is 16.5 Å². The quantitative estimate of drug-likeness (QED) is 0.804. The van der Waals surface area contributed by atoms with Gasteiger partial charge in [0.05, 0.1) is 6.54 Å². The van der Waals surface area contributed by atoms with E-state index in [0.29, 0.717) is 11.2 Å². The van der Waals surface area contributed by atoms with Crippen LogP contribution in [0.1, 0.15) is 18.9 Å². The summed E-state index contributed by atoms with van der Waals surface area (Å²) in [6.45, 7) is 7.28. The highest BCUT2D eigenvalue weighted by molar-refractivity contribution is 7.15. The Balaban J connectivity index is 2.54. The largest absolute Gasteiger partial charge is 0.374 e. The summed E-state index contributed by atoms with van der Waals surface area (Å²) in [5.41, 5.74) is 5.57. The van der Waals surface area contributed by atoms with Crippen LogP contribution in [0.4, 0.5) is 5.13 Å². The van der Waals surface area contributed by atoms with Gasteiger partial charge in [0.15, 0.2) is 0 Å². The van der Waals surface area contributed by atoms with Crippen LogP contribution in [0.25, 0.3) is 0 Å². The van der Waals surface area contributed by atoms with Crippen molar-refractivity contribution in [2.75, 3.05) is 32.9 Å². The first-order valence-electron chi connectivity index (χ1n) is 5.49. The minimum Gasteiger partial charge on any atom is -0.374 e. The van der Waals surface area contributed by atoms with Crippen molar-refractivity contribution in [1.29, 1.82) is 0 Å². The summed E-state index contributed by atoms with van der Waals surface area (Å²) in [6, 6.07) is 0.505. The number of aromatic nitrogens is 2. The van der Waals surface area contributed by atoms with Crippen LogP contribution in [0.3, 0.4) is 0 Å². The third-order valence-electron chi connectivity index (χ3n) is 2.48. The van der Waals surface area contributed by atoms with Crippen LogP contribution in [-0.2, 0) is 6.54 Å². The second-order valence-corrected chi connectivity index (χ2v) is 5.30. The van der Waals surface area contributed by atoms with Gasteiger partial charge in [-0.15, -0.1) is 10.2 Å². The average Bonchev–Trinajstić information content (AvgIpc) is 2.59. The fourth-order valence-corrected chi connectivity index (χ4v) is 2.36. The molecule has 6 heteroatoms. The number of likely N-dealkylation sites (N-methyl/N-ethyl adjacent to an activating group) is 2. The molecule has 1 rings (SSSR count). The number of nitrogens with two attached hydrogens (primary N) is 1. The molecule has 0 saturated heterocycles. The maximum atomic E-state index is 5.57. The van der Waals surface area contributed by atoms with Crippen LogP contribution < -0.4 is 5.73 Å². The van der Waals surface area contributed by atoms with Gasteiger partial charge < -0.3 is 10.6 Å². The monoisotopic (exact) mass is 243 g/mol. The van der Waals surface area contributed by atoms with Gasteiger partial charge in [0.1, 0.15) is 5.01 Å². The van der Waals surface area contributed by atoms with E-state index in [2.05, 4.69) is 47.9 Å². The van der Waals surface area contributed by atoms with Crippen molar-refractivity contribution in [3.63, 3.8) is 0 Å². The Labute approximate surface area is 101 Å². The predicted octanol–water partition coefficient (Wildman–Crippen LogP) is 0.892. The molecular weight excluding hydrogens is 222 g/mol. The Hall–Kier alpha value is -0.720. The smallest absolute Gasteiger partial charge is 0.203 e. The van der Waals surface area contributed by atoms with Gasteiger partial charge in [-0.2, -0.15) is 0 Å². The summed E-state index contributed by atoms with van der Waals surface area (Å²) in [6.07, 6.45) is 0. The van der Waals surface area contributed by atoms with Crippen LogP contribution in [0.2, 0.25) is 0 Å². The normalized spacial score (nSPS) is 13.6. The molecule has 0 radical (unpaired) electrons. The van der Waals surface area contributed by atoms with Crippen LogP contribution in [0, 0.1) is 0 Å². The lowest BCUT2D eigenvalue weighted by Gasteiger charge is -2.28. The Morgan fingerprint density at radius 3 is 2.50 bits per heavy atom. The van der Waals surface area contributed by atoms with E-state index in [4.69, 9.17) is 5.73 Å². The maximum absolute atomic E-state index is 5.57. The van der Waals surface area contributed by atoms with E-state index in [9.17, 15) is 0 Å². The second-order valence-electron chi connectivity index (χ2n) is 4.21. The van der Waals surface area contributed by atoms with E-state index in [1.807, 2.05) is 0 Å². The summed E-state index contributed by atoms with van der Waals surface area (Å²) in [5, 5.41) is 9.42. The van der Waals surface area contributed by atoms with Crippen molar-refractivity contribution in [3.8, 4) is 0 Å². The zero-order valence-electron chi connectivity index (χ0n) is 10.5. The van der Waals surface area contributed by atoms with Crippen molar-refractivity contribution in [2.24, 2.45) is 0 Å². The van der Waals surface area contributed by atoms with Gasteiger partial charge in [0, 0.05) is 12.6 Å². The summed E-state index contributed by atoms with van der Waals surface area (Å²) in [4.78, 5) is 4.57. The first-order chi connectivity index (χ1) is 7.52. The SMILES string of the molecule is CCN(Cc1nnc(N)s1)C(C)CN(C)C. The highest BCUT2D eigenvalue weighted by Gasteiger charge is 2.15. The Morgan fingerprint density at radius 2 is 2.06 bits per heavy atom. The summed E-state index contributed by atoms with van der Waals surface area (Å²) in [7, 11) is 4.18. The number of anilines is 1. The number of nitrogen functional groups attached to an aromatic ring is 1. The fraction of sp³-hybridized carbons (Fsp3) is 0.800. The molecule has 0 aliphatic heterocycles. The van der Waals surface area contributed by atoms with E-state index in [1.54, 1.807) is 0 Å². The highest BCUT2D eigenvalue weighted by Crippen LogP contribution is 2.14. The van der Waals surface area contributed by atoms with Crippen LogP contribution >= 0.6 is 11.3 Å². The Morgan fingerprint density at radius 1 is 1.38 bits per heavy atom. The molecule has 0 aliphatic rings. The molecule has 92 valence electrons. The summed E-state index contributed by atoms with van der Waals surface area (Å²) >= 11 is 1.47. The third kappa shape index (κ3) is 4.03. The first-order valence-corrected chi connectivity index (χ1v) is 6.31. The molecule has 1 aromatic rings. The van der Waals surface area contributed by atoms with Gasteiger partial charge in [0.2, 0.25) is 5.13 Å². The van der Waals surface area contributed by atoms with Crippen molar-refractivity contribution in [3.05, 3.63) is 5.01 Å². The molecule has 1 heterocycles. The van der Waals surface area contributed by atoms with Crippen molar-refractivity contribution in [2.45, 2.75) is 26.4 Å². The van der Waals surface area contributed by atoms with Gasteiger partial charge in [-0.1, -0.05) is 18.3 Å². The molecule has 0 bridgehead atoms. The molecule has 5 nitrogen and oxygen atoms in total. The maximum Gasteiger partial charge on any atom is 0.203 e. The van der Waals surface area contributed by atoms with Gasteiger partial charge in [-0.25, -0.2) is 0 Å². The molecule has 0 fully saturated rings. The molecule has 2 N–H and O–H groups in total. The second kappa shape index (κ2) is 6.12. The van der Waals surface area contributed by atoms with Gasteiger partial charge in [-0.3, -0.25) is 4.90 Å². The highest BCUT2D eigenvalue weighted by atomic mass is 32.1.